The standard InChI is InChI=1S/C27H30BrN3O4S/c1-4-29-27(33)21(3)30(18-22-11-8-10-20(2)16-22)26(32)19-31(24-13-9-12-23(28)17-24)36(34,35)25-14-6-5-7-15-25/h5-17,21H,4,18-19H2,1-3H3,(H,29,33)/t21-/m1/s1. The normalized spacial score (nSPS) is 12.0. The first-order valence-electron chi connectivity index (χ1n) is 11.6. The second-order valence-corrected chi connectivity index (χ2v) is 11.2. The summed E-state index contributed by atoms with van der Waals surface area (Å²) in [5.74, 6) is -0.798. The Balaban J connectivity index is 2.02. The lowest BCUT2D eigenvalue weighted by Gasteiger charge is -2.32. The lowest BCUT2D eigenvalue weighted by molar-refractivity contribution is -0.139. The maximum atomic E-state index is 13.8. The Hall–Kier alpha value is -3.17. The minimum absolute atomic E-state index is 0.0692. The summed E-state index contributed by atoms with van der Waals surface area (Å²) in [5, 5.41) is 2.76. The van der Waals surface area contributed by atoms with E-state index in [4.69, 9.17) is 0 Å². The molecule has 2 amide bonds. The Morgan fingerprint density at radius 2 is 1.67 bits per heavy atom. The topological polar surface area (TPSA) is 86.8 Å². The van der Waals surface area contributed by atoms with Gasteiger partial charge in [0.1, 0.15) is 12.6 Å². The van der Waals surface area contributed by atoms with E-state index >= 15 is 0 Å². The zero-order valence-electron chi connectivity index (χ0n) is 20.5. The van der Waals surface area contributed by atoms with Crippen molar-refractivity contribution < 1.29 is 18.0 Å². The Labute approximate surface area is 221 Å². The van der Waals surface area contributed by atoms with Crippen molar-refractivity contribution in [2.45, 2.75) is 38.3 Å². The molecule has 3 aromatic rings. The molecule has 0 unspecified atom stereocenters. The third-order valence-corrected chi connectivity index (χ3v) is 7.94. The Bertz CT molecular complexity index is 1320. The average Bonchev–Trinajstić information content (AvgIpc) is 2.86. The number of benzene rings is 3. The van der Waals surface area contributed by atoms with Crippen LogP contribution in [0.5, 0.6) is 0 Å². The van der Waals surface area contributed by atoms with Gasteiger partial charge in [0.25, 0.3) is 10.0 Å². The van der Waals surface area contributed by atoms with Crippen LogP contribution in [0.1, 0.15) is 25.0 Å². The molecule has 0 spiro atoms. The minimum atomic E-state index is -4.07. The van der Waals surface area contributed by atoms with Crippen LogP contribution in [0.4, 0.5) is 5.69 Å². The molecule has 0 fully saturated rings. The fourth-order valence-electron chi connectivity index (χ4n) is 3.79. The molecule has 0 heterocycles. The molecule has 0 aliphatic heterocycles. The number of nitrogens with zero attached hydrogens (tertiary/aromatic N) is 2. The van der Waals surface area contributed by atoms with Crippen molar-refractivity contribution in [1.82, 2.24) is 10.2 Å². The number of hydrogen-bond acceptors (Lipinski definition) is 4. The number of halogens is 1. The fraction of sp³-hybridized carbons (Fsp3) is 0.259. The molecule has 1 atom stereocenters. The molecule has 9 heteroatoms. The van der Waals surface area contributed by atoms with Gasteiger partial charge in [0, 0.05) is 17.6 Å². The van der Waals surface area contributed by atoms with Gasteiger partial charge < -0.3 is 10.2 Å². The van der Waals surface area contributed by atoms with Crippen LogP contribution in [0.3, 0.4) is 0 Å². The summed E-state index contributed by atoms with van der Waals surface area (Å²) in [7, 11) is -4.07. The predicted molar refractivity (Wildman–Crippen MR) is 145 cm³/mol. The van der Waals surface area contributed by atoms with Crippen molar-refractivity contribution in [1.29, 1.82) is 0 Å². The molecule has 0 aromatic heterocycles. The lowest BCUT2D eigenvalue weighted by atomic mass is 10.1. The first kappa shape index (κ1) is 27.4. The summed E-state index contributed by atoms with van der Waals surface area (Å²) in [5.41, 5.74) is 2.20. The summed E-state index contributed by atoms with van der Waals surface area (Å²) in [6.07, 6.45) is 0. The smallest absolute Gasteiger partial charge is 0.264 e. The van der Waals surface area contributed by atoms with Crippen LogP contribution < -0.4 is 9.62 Å². The summed E-state index contributed by atoms with van der Waals surface area (Å²) < 4.78 is 29.1. The van der Waals surface area contributed by atoms with Gasteiger partial charge in [-0.05, 0) is 56.7 Å². The summed E-state index contributed by atoms with van der Waals surface area (Å²) in [6, 6.07) is 21.6. The number of aryl methyl sites for hydroxylation is 1. The van der Waals surface area contributed by atoms with Crippen molar-refractivity contribution in [3.8, 4) is 0 Å². The molecule has 190 valence electrons. The zero-order chi connectivity index (χ0) is 26.3. The number of carbonyl (C=O) groups excluding carboxylic acids is 2. The monoisotopic (exact) mass is 571 g/mol. The molecule has 3 rings (SSSR count). The minimum Gasteiger partial charge on any atom is -0.355 e. The molecule has 3 aromatic carbocycles. The van der Waals surface area contributed by atoms with Crippen LogP contribution in [0.25, 0.3) is 0 Å². The Kier molecular flexibility index (Phi) is 9.28. The summed E-state index contributed by atoms with van der Waals surface area (Å²) >= 11 is 3.39. The van der Waals surface area contributed by atoms with E-state index in [1.165, 1.54) is 17.0 Å². The highest BCUT2D eigenvalue weighted by Crippen LogP contribution is 2.27. The van der Waals surface area contributed by atoms with E-state index in [-0.39, 0.29) is 17.3 Å². The van der Waals surface area contributed by atoms with Crippen LogP contribution in [-0.2, 0) is 26.2 Å². The highest BCUT2D eigenvalue weighted by atomic mass is 79.9. The van der Waals surface area contributed by atoms with E-state index in [0.29, 0.717) is 16.7 Å². The zero-order valence-corrected chi connectivity index (χ0v) is 22.9. The molecular weight excluding hydrogens is 542 g/mol. The predicted octanol–water partition coefficient (Wildman–Crippen LogP) is 4.51. The number of carbonyl (C=O) groups is 2. The number of sulfonamides is 1. The van der Waals surface area contributed by atoms with Crippen molar-refractivity contribution >= 4 is 43.5 Å². The van der Waals surface area contributed by atoms with Crippen molar-refractivity contribution in [3.63, 3.8) is 0 Å². The van der Waals surface area contributed by atoms with Gasteiger partial charge >= 0.3 is 0 Å². The molecular formula is C27H30BrN3O4S. The second-order valence-electron chi connectivity index (χ2n) is 8.39. The van der Waals surface area contributed by atoms with Gasteiger partial charge in [-0.2, -0.15) is 0 Å². The number of nitrogens with one attached hydrogen (secondary N) is 1. The SMILES string of the molecule is CCNC(=O)[C@@H](C)N(Cc1cccc(C)c1)C(=O)CN(c1cccc(Br)c1)S(=O)(=O)c1ccccc1. The number of rotatable bonds is 10. The largest absolute Gasteiger partial charge is 0.355 e. The van der Waals surface area contributed by atoms with Gasteiger partial charge in [0.2, 0.25) is 11.8 Å². The van der Waals surface area contributed by atoms with Crippen molar-refractivity contribution in [2.24, 2.45) is 0 Å². The molecule has 0 bridgehead atoms. The van der Waals surface area contributed by atoms with Crippen LogP contribution >= 0.6 is 15.9 Å². The van der Waals surface area contributed by atoms with Gasteiger partial charge in [-0.25, -0.2) is 8.42 Å². The first-order chi connectivity index (χ1) is 17.1. The summed E-state index contributed by atoms with van der Waals surface area (Å²) in [6.45, 7) is 5.51. The molecule has 0 saturated carbocycles. The fourth-order valence-corrected chi connectivity index (χ4v) is 5.61. The van der Waals surface area contributed by atoms with Gasteiger partial charge in [0.05, 0.1) is 10.6 Å². The van der Waals surface area contributed by atoms with E-state index in [1.807, 2.05) is 31.2 Å². The van der Waals surface area contributed by atoms with E-state index < -0.39 is 28.5 Å². The average molecular weight is 573 g/mol. The van der Waals surface area contributed by atoms with E-state index in [1.54, 1.807) is 56.3 Å². The number of likely N-dealkylation sites (N-methyl/N-ethyl adjacent to an activating group) is 1. The van der Waals surface area contributed by atoms with Crippen LogP contribution in [0, 0.1) is 6.92 Å². The quantitative estimate of drug-likeness (QED) is 0.388. The molecule has 36 heavy (non-hydrogen) atoms. The number of amides is 2. The van der Waals surface area contributed by atoms with Crippen molar-refractivity contribution in [2.75, 3.05) is 17.4 Å². The molecule has 0 saturated heterocycles. The molecule has 7 nitrogen and oxygen atoms in total. The Morgan fingerprint density at radius 1 is 0.972 bits per heavy atom. The molecule has 0 aliphatic carbocycles. The van der Waals surface area contributed by atoms with Gasteiger partial charge in [-0.1, -0.05) is 70.0 Å². The first-order valence-corrected chi connectivity index (χ1v) is 13.8. The molecule has 0 radical (unpaired) electrons. The van der Waals surface area contributed by atoms with E-state index in [2.05, 4.69) is 21.2 Å². The van der Waals surface area contributed by atoms with E-state index in [9.17, 15) is 18.0 Å². The molecule has 1 N–H and O–H groups in total. The number of hydrogen-bond donors (Lipinski definition) is 1. The number of anilines is 1. The third kappa shape index (κ3) is 6.73. The third-order valence-electron chi connectivity index (χ3n) is 5.66. The van der Waals surface area contributed by atoms with Gasteiger partial charge in [-0.3, -0.25) is 13.9 Å². The van der Waals surface area contributed by atoms with Crippen molar-refractivity contribution in [3.05, 3.63) is 94.5 Å². The molecule has 0 aliphatic rings. The summed E-state index contributed by atoms with van der Waals surface area (Å²) in [4.78, 5) is 28.0. The maximum Gasteiger partial charge on any atom is 0.264 e. The highest BCUT2D eigenvalue weighted by molar-refractivity contribution is 9.10. The van der Waals surface area contributed by atoms with Crippen LogP contribution in [0.15, 0.2) is 88.2 Å². The maximum absolute atomic E-state index is 13.8. The van der Waals surface area contributed by atoms with Crippen LogP contribution in [0.2, 0.25) is 0 Å². The Morgan fingerprint density at radius 3 is 2.31 bits per heavy atom. The van der Waals surface area contributed by atoms with Gasteiger partial charge in [-0.15, -0.1) is 0 Å². The second kappa shape index (κ2) is 12.2. The van der Waals surface area contributed by atoms with E-state index in [0.717, 1.165) is 15.4 Å². The van der Waals surface area contributed by atoms with Gasteiger partial charge in [0.15, 0.2) is 0 Å². The lowest BCUT2D eigenvalue weighted by Crippen LogP contribution is -2.51. The van der Waals surface area contributed by atoms with Crippen LogP contribution in [-0.4, -0.2) is 44.3 Å². The highest BCUT2D eigenvalue weighted by Gasteiger charge is 2.32.